The molecule has 0 fully saturated rings. The molecular weight excluding hydrogens is 414 g/mol. The Morgan fingerprint density at radius 3 is 2.61 bits per heavy atom. The third-order valence-corrected chi connectivity index (χ3v) is 5.04. The number of aryl methyl sites for hydroxylation is 2. The predicted octanol–water partition coefficient (Wildman–Crippen LogP) is 4.85. The molecule has 1 N–H and O–H groups in total. The quantitative estimate of drug-likeness (QED) is 0.380. The number of hydrogen-bond acceptors (Lipinski definition) is 5. The Bertz CT molecular complexity index is 1200. The van der Waals surface area contributed by atoms with Gasteiger partial charge in [-0.2, -0.15) is 10.4 Å². The summed E-state index contributed by atoms with van der Waals surface area (Å²) >= 11 is 0. The van der Waals surface area contributed by atoms with Gasteiger partial charge in [0.05, 0.1) is 30.9 Å². The van der Waals surface area contributed by atoms with Gasteiger partial charge in [0.1, 0.15) is 6.61 Å². The van der Waals surface area contributed by atoms with Crippen LogP contribution in [0.4, 0.5) is 0 Å². The maximum absolute atomic E-state index is 12.2. The Balaban J connectivity index is 1.63. The van der Waals surface area contributed by atoms with E-state index in [1.807, 2.05) is 57.2 Å². The molecule has 0 aliphatic rings. The Morgan fingerprint density at radius 2 is 1.85 bits per heavy atom. The van der Waals surface area contributed by atoms with Crippen LogP contribution in [0.25, 0.3) is 0 Å². The first kappa shape index (κ1) is 23.6. The highest BCUT2D eigenvalue weighted by atomic mass is 16.5. The zero-order valence-electron chi connectivity index (χ0n) is 19.1. The molecule has 33 heavy (non-hydrogen) atoms. The minimum absolute atomic E-state index is 0.181. The van der Waals surface area contributed by atoms with Crippen LogP contribution in [0, 0.1) is 25.2 Å². The van der Waals surface area contributed by atoms with Crippen LogP contribution in [0.5, 0.6) is 11.5 Å². The SMILES string of the molecule is CCOc1cc(/C=N\NC(=O)Cc2ccc(C)cc2C)ccc1OCc1ccccc1C#N. The molecule has 0 aliphatic heterocycles. The van der Waals surface area contributed by atoms with E-state index in [4.69, 9.17) is 9.47 Å². The second kappa shape index (κ2) is 11.5. The maximum Gasteiger partial charge on any atom is 0.244 e. The molecular formula is C27H27N3O3. The molecule has 6 nitrogen and oxygen atoms in total. The molecule has 0 saturated heterocycles. The fourth-order valence-electron chi connectivity index (χ4n) is 3.34. The first-order valence-electron chi connectivity index (χ1n) is 10.8. The standard InChI is InChI=1S/C27H27N3O3/c1-4-32-26-14-21(10-12-25(26)33-18-24-8-6-5-7-23(24)16-28)17-29-30-27(31)15-22-11-9-19(2)13-20(22)3/h5-14,17H,4,15,18H2,1-3H3,(H,30,31)/b29-17-. The zero-order valence-corrected chi connectivity index (χ0v) is 19.1. The van der Waals surface area contributed by atoms with E-state index in [9.17, 15) is 10.1 Å². The summed E-state index contributed by atoms with van der Waals surface area (Å²) in [4.78, 5) is 12.2. The number of carbonyl (C=O) groups excluding carboxylic acids is 1. The van der Waals surface area contributed by atoms with E-state index in [1.54, 1.807) is 24.4 Å². The van der Waals surface area contributed by atoms with Crippen molar-refractivity contribution in [3.63, 3.8) is 0 Å². The molecule has 3 rings (SSSR count). The molecule has 0 bridgehead atoms. The molecule has 1 amide bonds. The summed E-state index contributed by atoms with van der Waals surface area (Å²) in [5, 5.41) is 13.3. The monoisotopic (exact) mass is 441 g/mol. The average Bonchev–Trinajstić information content (AvgIpc) is 2.81. The van der Waals surface area contributed by atoms with Gasteiger partial charge in [-0.1, -0.05) is 42.0 Å². The van der Waals surface area contributed by atoms with Gasteiger partial charge < -0.3 is 9.47 Å². The maximum atomic E-state index is 12.2. The molecule has 6 heteroatoms. The van der Waals surface area contributed by atoms with E-state index >= 15 is 0 Å². The van der Waals surface area contributed by atoms with Crippen LogP contribution in [-0.2, 0) is 17.8 Å². The predicted molar refractivity (Wildman–Crippen MR) is 128 cm³/mol. The second-order valence-electron chi connectivity index (χ2n) is 7.60. The molecule has 3 aromatic carbocycles. The van der Waals surface area contributed by atoms with E-state index < -0.39 is 0 Å². The Hall–Kier alpha value is -4.11. The summed E-state index contributed by atoms with van der Waals surface area (Å²) in [5.74, 6) is 0.956. The second-order valence-corrected chi connectivity index (χ2v) is 7.60. The number of nitrogens with zero attached hydrogens (tertiary/aromatic N) is 2. The number of carbonyl (C=O) groups is 1. The number of hydrogen-bond donors (Lipinski definition) is 1. The van der Waals surface area contributed by atoms with Crippen LogP contribution in [0.3, 0.4) is 0 Å². The van der Waals surface area contributed by atoms with Gasteiger partial charge in [0, 0.05) is 5.56 Å². The molecule has 3 aromatic rings. The van der Waals surface area contributed by atoms with Crippen LogP contribution in [-0.4, -0.2) is 18.7 Å². The summed E-state index contributed by atoms with van der Waals surface area (Å²) in [7, 11) is 0. The van der Waals surface area contributed by atoms with Crippen molar-refractivity contribution < 1.29 is 14.3 Å². The smallest absolute Gasteiger partial charge is 0.244 e. The number of rotatable bonds is 9. The lowest BCUT2D eigenvalue weighted by atomic mass is 10.0. The van der Waals surface area contributed by atoms with Crippen LogP contribution in [0.2, 0.25) is 0 Å². The lowest BCUT2D eigenvalue weighted by Gasteiger charge is -2.13. The third kappa shape index (κ3) is 6.68. The Labute approximate surface area is 194 Å². The van der Waals surface area contributed by atoms with Crippen molar-refractivity contribution >= 4 is 12.1 Å². The van der Waals surface area contributed by atoms with Crippen LogP contribution in [0.1, 0.15) is 40.3 Å². The lowest BCUT2D eigenvalue weighted by Crippen LogP contribution is -2.20. The number of hydrazone groups is 1. The van der Waals surface area contributed by atoms with E-state index in [2.05, 4.69) is 22.7 Å². The molecule has 0 unspecified atom stereocenters. The van der Waals surface area contributed by atoms with Crippen molar-refractivity contribution in [3.05, 3.63) is 94.0 Å². The molecule has 0 heterocycles. The van der Waals surface area contributed by atoms with Gasteiger partial charge in [0.25, 0.3) is 0 Å². The minimum Gasteiger partial charge on any atom is -0.490 e. The van der Waals surface area contributed by atoms with Gasteiger partial charge >= 0.3 is 0 Å². The fraction of sp³-hybridized carbons (Fsp3) is 0.222. The highest BCUT2D eigenvalue weighted by molar-refractivity contribution is 5.84. The lowest BCUT2D eigenvalue weighted by molar-refractivity contribution is -0.120. The van der Waals surface area contributed by atoms with Gasteiger partial charge in [-0.15, -0.1) is 0 Å². The summed E-state index contributed by atoms with van der Waals surface area (Å²) in [6, 6.07) is 20.9. The van der Waals surface area contributed by atoms with Crippen molar-refractivity contribution in [2.75, 3.05) is 6.61 Å². The molecule has 0 spiro atoms. The summed E-state index contributed by atoms with van der Waals surface area (Å²) in [5.41, 5.74) is 7.95. The van der Waals surface area contributed by atoms with Crippen LogP contribution >= 0.6 is 0 Å². The molecule has 0 saturated carbocycles. The number of ether oxygens (including phenoxy) is 2. The van der Waals surface area contributed by atoms with Crippen molar-refractivity contribution in [2.45, 2.75) is 33.8 Å². The van der Waals surface area contributed by atoms with Gasteiger partial charge in [-0.25, -0.2) is 5.43 Å². The first-order chi connectivity index (χ1) is 16.0. The van der Waals surface area contributed by atoms with E-state index in [0.29, 0.717) is 23.7 Å². The third-order valence-electron chi connectivity index (χ3n) is 5.04. The topological polar surface area (TPSA) is 83.7 Å². The number of amides is 1. The van der Waals surface area contributed by atoms with Crippen molar-refractivity contribution in [3.8, 4) is 17.6 Å². The molecule has 0 radical (unpaired) electrons. The average molecular weight is 442 g/mol. The molecule has 0 atom stereocenters. The van der Waals surface area contributed by atoms with Gasteiger partial charge in [0.15, 0.2) is 11.5 Å². The molecule has 0 aliphatic carbocycles. The number of nitriles is 1. The van der Waals surface area contributed by atoms with E-state index in [1.165, 1.54) is 5.56 Å². The largest absolute Gasteiger partial charge is 0.490 e. The molecule has 168 valence electrons. The Kier molecular flexibility index (Phi) is 8.20. The van der Waals surface area contributed by atoms with Crippen LogP contribution < -0.4 is 14.9 Å². The summed E-state index contributed by atoms with van der Waals surface area (Å²) in [6.45, 7) is 6.64. The highest BCUT2D eigenvalue weighted by Crippen LogP contribution is 2.29. The van der Waals surface area contributed by atoms with Crippen LogP contribution in [0.15, 0.2) is 65.8 Å². The first-order valence-corrected chi connectivity index (χ1v) is 10.8. The van der Waals surface area contributed by atoms with Gasteiger partial charge in [-0.3, -0.25) is 4.79 Å². The van der Waals surface area contributed by atoms with Gasteiger partial charge in [0.2, 0.25) is 5.91 Å². The fourth-order valence-corrected chi connectivity index (χ4v) is 3.34. The van der Waals surface area contributed by atoms with Crippen molar-refractivity contribution in [2.24, 2.45) is 5.10 Å². The minimum atomic E-state index is -0.181. The molecule has 0 aromatic heterocycles. The van der Waals surface area contributed by atoms with Gasteiger partial charge in [-0.05, 0) is 61.7 Å². The highest BCUT2D eigenvalue weighted by Gasteiger charge is 2.09. The van der Waals surface area contributed by atoms with Crippen molar-refractivity contribution in [1.82, 2.24) is 5.43 Å². The number of nitrogens with one attached hydrogen (secondary N) is 1. The summed E-state index contributed by atoms with van der Waals surface area (Å²) in [6.07, 6.45) is 1.84. The zero-order chi connectivity index (χ0) is 23.6. The van der Waals surface area contributed by atoms with E-state index in [0.717, 1.165) is 22.3 Å². The Morgan fingerprint density at radius 1 is 1.03 bits per heavy atom. The van der Waals surface area contributed by atoms with Crippen molar-refractivity contribution in [1.29, 1.82) is 5.26 Å². The number of benzene rings is 3. The summed E-state index contributed by atoms with van der Waals surface area (Å²) < 4.78 is 11.6. The van der Waals surface area contributed by atoms with E-state index in [-0.39, 0.29) is 18.9 Å². The normalized spacial score (nSPS) is 10.6.